The van der Waals surface area contributed by atoms with E-state index in [1.807, 2.05) is 6.08 Å². The minimum Gasteiger partial charge on any atom is -0.367 e. The van der Waals surface area contributed by atoms with Crippen LogP contribution in [0.2, 0.25) is 0 Å². The van der Waals surface area contributed by atoms with Crippen molar-refractivity contribution >= 4 is 66.0 Å². The molecule has 0 bridgehead atoms. The zero-order valence-electron chi connectivity index (χ0n) is 23.6. The van der Waals surface area contributed by atoms with Gasteiger partial charge in [0.1, 0.15) is 0 Å². The van der Waals surface area contributed by atoms with Crippen molar-refractivity contribution in [3.8, 4) is 11.1 Å². The molecule has 2 N–H and O–H groups in total. The minimum absolute atomic E-state index is 0.590. The fourth-order valence-corrected chi connectivity index (χ4v) is 6.63. The number of hydrogen-bond acceptors (Lipinski definition) is 2. The first-order valence-electron chi connectivity index (χ1n) is 14.6. The summed E-state index contributed by atoms with van der Waals surface area (Å²) in [6, 6.07) is 49.9. The first kappa shape index (κ1) is 25.1. The van der Waals surface area contributed by atoms with Gasteiger partial charge in [0.15, 0.2) is 0 Å². The molecule has 7 aromatic carbocycles. The summed E-state index contributed by atoms with van der Waals surface area (Å²) in [5.41, 5.74) is 6.66. The van der Waals surface area contributed by atoms with Gasteiger partial charge in [0.2, 0.25) is 0 Å². The van der Waals surface area contributed by atoms with E-state index in [9.17, 15) is 0 Å². The van der Waals surface area contributed by atoms with Crippen molar-refractivity contribution in [3.05, 3.63) is 151 Å². The topological polar surface area (TPSA) is 40.8 Å². The molecule has 0 spiro atoms. The van der Waals surface area contributed by atoms with Crippen molar-refractivity contribution in [2.45, 2.75) is 6.67 Å². The van der Waals surface area contributed by atoms with E-state index in [0.29, 0.717) is 6.67 Å². The summed E-state index contributed by atoms with van der Waals surface area (Å²) in [6.45, 7) is 0.590. The third-order valence-corrected chi connectivity index (χ3v) is 8.61. The van der Waals surface area contributed by atoms with Crippen molar-refractivity contribution in [2.24, 2.45) is 0 Å². The van der Waals surface area contributed by atoms with Gasteiger partial charge in [0.25, 0.3) is 0 Å². The molecular formula is C40H29N3. The van der Waals surface area contributed by atoms with E-state index in [1.165, 1.54) is 65.9 Å². The van der Waals surface area contributed by atoms with Crippen molar-refractivity contribution in [3.63, 3.8) is 0 Å². The summed E-state index contributed by atoms with van der Waals surface area (Å²) in [6.07, 6.45) is 3.20. The van der Waals surface area contributed by atoms with Crippen molar-refractivity contribution < 1.29 is 0 Å². The molecule has 204 valence electrons. The fraction of sp³-hybridized carbons (Fsp3) is 0.0250. The zero-order valence-corrected chi connectivity index (χ0v) is 23.6. The lowest BCUT2D eigenvalue weighted by atomic mass is 9.92. The second kappa shape index (κ2) is 10.3. The molecule has 1 heterocycles. The molecule has 43 heavy (non-hydrogen) atoms. The molecule has 0 aliphatic heterocycles. The maximum Gasteiger partial charge on any atom is 0.0926 e. The first-order valence-corrected chi connectivity index (χ1v) is 14.6. The highest BCUT2D eigenvalue weighted by atomic mass is 15.1. The quantitative estimate of drug-likeness (QED) is 0.157. The Morgan fingerprint density at radius 1 is 0.512 bits per heavy atom. The minimum atomic E-state index is 0.590. The molecule has 0 radical (unpaired) electrons. The maximum absolute atomic E-state index is 7.90. The van der Waals surface area contributed by atoms with Crippen LogP contribution in [-0.2, 0) is 6.67 Å². The highest BCUT2D eigenvalue weighted by Crippen LogP contribution is 2.37. The van der Waals surface area contributed by atoms with Crippen LogP contribution in [0.4, 0.5) is 0 Å². The van der Waals surface area contributed by atoms with Crippen LogP contribution in [0.25, 0.3) is 70.9 Å². The molecule has 0 amide bonds. The number of nitrogens with zero attached hydrogens (tertiary/aromatic N) is 1. The Morgan fingerprint density at radius 2 is 1.02 bits per heavy atom. The van der Waals surface area contributed by atoms with Gasteiger partial charge in [-0.3, -0.25) is 0 Å². The lowest BCUT2D eigenvalue weighted by Gasteiger charge is -2.15. The molecule has 0 saturated heterocycles. The smallest absolute Gasteiger partial charge is 0.0926 e. The average Bonchev–Trinajstić information content (AvgIpc) is 3.40. The monoisotopic (exact) mass is 551 g/mol. The van der Waals surface area contributed by atoms with Crippen LogP contribution in [0.1, 0.15) is 5.56 Å². The number of rotatable bonds is 6. The molecule has 0 saturated carbocycles. The molecule has 3 heteroatoms. The third-order valence-electron chi connectivity index (χ3n) is 8.61. The normalized spacial score (nSPS) is 12.0. The van der Waals surface area contributed by atoms with E-state index in [0.717, 1.165) is 16.8 Å². The number of nitrogens with one attached hydrogen (secondary N) is 2. The Hall–Kier alpha value is -5.67. The zero-order chi connectivity index (χ0) is 28.8. The predicted molar refractivity (Wildman–Crippen MR) is 184 cm³/mol. The summed E-state index contributed by atoms with van der Waals surface area (Å²) >= 11 is 0. The van der Waals surface area contributed by atoms with E-state index in [1.54, 1.807) is 0 Å². The molecule has 0 atom stereocenters. The number of allylic oxidation sites excluding steroid dienone is 1. The lowest BCUT2D eigenvalue weighted by molar-refractivity contribution is 0.696. The van der Waals surface area contributed by atoms with Gasteiger partial charge in [-0.05, 0) is 79.3 Å². The molecule has 8 rings (SSSR count). The molecule has 0 aliphatic carbocycles. The highest BCUT2D eigenvalue weighted by Gasteiger charge is 2.12. The van der Waals surface area contributed by atoms with Crippen molar-refractivity contribution in [2.75, 3.05) is 0 Å². The third kappa shape index (κ3) is 4.17. The van der Waals surface area contributed by atoms with Gasteiger partial charge in [-0.15, -0.1) is 0 Å². The van der Waals surface area contributed by atoms with E-state index >= 15 is 0 Å². The largest absolute Gasteiger partial charge is 0.367 e. The highest BCUT2D eigenvalue weighted by molar-refractivity contribution is 6.25. The van der Waals surface area contributed by atoms with Crippen LogP contribution in [0.5, 0.6) is 0 Å². The van der Waals surface area contributed by atoms with Gasteiger partial charge in [-0.1, -0.05) is 115 Å². The number of hydrogen-bond donors (Lipinski definition) is 2. The van der Waals surface area contributed by atoms with Crippen molar-refractivity contribution in [1.82, 2.24) is 9.88 Å². The first-order chi connectivity index (χ1) is 21.3. The van der Waals surface area contributed by atoms with Gasteiger partial charge in [-0.2, -0.15) is 0 Å². The van der Waals surface area contributed by atoms with Gasteiger partial charge in [0.05, 0.1) is 17.7 Å². The Balaban J connectivity index is 1.19. The second-order valence-corrected chi connectivity index (χ2v) is 11.0. The lowest BCUT2D eigenvalue weighted by Crippen LogP contribution is -2.17. The van der Waals surface area contributed by atoms with Gasteiger partial charge < -0.3 is 15.3 Å². The predicted octanol–water partition coefficient (Wildman–Crippen LogP) is 10.2. The number of benzene rings is 7. The summed E-state index contributed by atoms with van der Waals surface area (Å²) in [4.78, 5) is 0. The van der Waals surface area contributed by atoms with Crippen molar-refractivity contribution in [1.29, 1.82) is 5.41 Å². The molecule has 0 fully saturated rings. The standard InChI is InChI=1S/C40H29N3/c41-23-22-38(42-26-43-39-18-7-5-16-35(39)36-17-6-8-19-40(36)43)29-11-9-10-27(24-29)28-20-21-34-32-14-2-1-12-30(32)31-13-3-4-15-33(31)37(34)25-28/h1-25,41-42H,26H2/b38-22-,41-23?. The van der Waals surface area contributed by atoms with Gasteiger partial charge >= 0.3 is 0 Å². The number of fused-ring (bicyclic) bond motifs is 9. The van der Waals surface area contributed by atoms with Gasteiger partial charge in [0, 0.05) is 22.7 Å². The molecule has 0 unspecified atom stereocenters. The SMILES string of the molecule is N=C/C=C(\NCn1c2ccccc2c2ccccc21)c1cccc(-c2ccc3c4ccccc4c4ccccc4c3c2)c1. The molecule has 3 nitrogen and oxygen atoms in total. The van der Waals surface area contributed by atoms with Crippen LogP contribution >= 0.6 is 0 Å². The Morgan fingerprint density at radius 3 is 1.63 bits per heavy atom. The Bertz CT molecular complexity index is 2290. The summed E-state index contributed by atoms with van der Waals surface area (Å²) in [7, 11) is 0. The van der Waals surface area contributed by atoms with E-state index in [2.05, 4.69) is 149 Å². The number of para-hydroxylation sites is 2. The fourth-order valence-electron chi connectivity index (χ4n) is 6.63. The Kier molecular flexibility index (Phi) is 6.01. The van der Waals surface area contributed by atoms with Crippen LogP contribution < -0.4 is 5.32 Å². The van der Waals surface area contributed by atoms with Gasteiger partial charge in [-0.25, -0.2) is 0 Å². The Labute approximate surface area is 249 Å². The van der Waals surface area contributed by atoms with Crippen LogP contribution in [-0.4, -0.2) is 10.8 Å². The summed E-state index contributed by atoms with van der Waals surface area (Å²) in [5.74, 6) is 0. The average molecular weight is 552 g/mol. The van der Waals surface area contributed by atoms with E-state index < -0.39 is 0 Å². The summed E-state index contributed by atoms with van der Waals surface area (Å²) in [5, 5.41) is 21.7. The summed E-state index contributed by atoms with van der Waals surface area (Å²) < 4.78 is 2.31. The second-order valence-electron chi connectivity index (χ2n) is 11.0. The molecule has 0 aliphatic rings. The van der Waals surface area contributed by atoms with Crippen LogP contribution in [0.15, 0.2) is 146 Å². The van der Waals surface area contributed by atoms with Crippen LogP contribution in [0, 0.1) is 5.41 Å². The molecule has 8 aromatic rings. The number of aromatic nitrogens is 1. The maximum atomic E-state index is 7.90. The molecular weight excluding hydrogens is 522 g/mol. The van der Waals surface area contributed by atoms with E-state index in [4.69, 9.17) is 5.41 Å². The van der Waals surface area contributed by atoms with Crippen LogP contribution in [0.3, 0.4) is 0 Å². The molecule has 1 aromatic heterocycles. The van der Waals surface area contributed by atoms with E-state index in [-0.39, 0.29) is 0 Å².